The van der Waals surface area contributed by atoms with Crippen molar-refractivity contribution < 1.29 is 14.3 Å². The van der Waals surface area contributed by atoms with E-state index >= 15 is 0 Å². The van der Waals surface area contributed by atoms with Gasteiger partial charge in [0, 0.05) is 37.4 Å². The van der Waals surface area contributed by atoms with Gasteiger partial charge in [-0.05, 0) is 36.6 Å². The maximum atomic E-state index is 12.3. The first-order chi connectivity index (χ1) is 14.2. The van der Waals surface area contributed by atoms with E-state index in [4.69, 9.17) is 9.47 Å². The van der Waals surface area contributed by atoms with Crippen LogP contribution in [0.2, 0.25) is 0 Å². The van der Waals surface area contributed by atoms with Gasteiger partial charge in [-0.25, -0.2) is 9.97 Å². The van der Waals surface area contributed by atoms with Crippen LogP contribution in [0.4, 0.5) is 11.6 Å². The Hall–Kier alpha value is -3.19. The Balaban J connectivity index is 1.79. The molecular weight excluding hydrogens is 368 g/mol. The Bertz CT molecular complexity index is 991. The van der Waals surface area contributed by atoms with Crippen LogP contribution in [0.5, 0.6) is 5.75 Å². The molecule has 0 fully saturated rings. The smallest absolute Gasteiger partial charge is 0.251 e. The number of para-hydroxylation sites is 1. The highest BCUT2D eigenvalue weighted by Crippen LogP contribution is 2.28. The average Bonchev–Trinajstić information content (AvgIpc) is 2.76. The molecule has 152 valence electrons. The highest BCUT2D eigenvalue weighted by molar-refractivity contribution is 5.95. The molecule has 1 amide bonds. The van der Waals surface area contributed by atoms with Crippen LogP contribution in [-0.2, 0) is 11.2 Å². The normalized spacial score (nSPS) is 10.7. The molecule has 0 bridgehead atoms. The summed E-state index contributed by atoms with van der Waals surface area (Å²) in [6.45, 7) is 3.27. The van der Waals surface area contributed by atoms with Gasteiger partial charge in [0.15, 0.2) is 0 Å². The molecule has 7 nitrogen and oxygen atoms in total. The van der Waals surface area contributed by atoms with Gasteiger partial charge in [0.1, 0.15) is 5.75 Å². The third kappa shape index (κ3) is 5.00. The van der Waals surface area contributed by atoms with Crippen LogP contribution >= 0.6 is 0 Å². The van der Waals surface area contributed by atoms with Crippen molar-refractivity contribution in [1.29, 1.82) is 0 Å². The van der Waals surface area contributed by atoms with Crippen LogP contribution in [0.25, 0.3) is 10.9 Å². The molecule has 2 N–H and O–H groups in total. The van der Waals surface area contributed by atoms with Gasteiger partial charge < -0.3 is 20.1 Å². The van der Waals surface area contributed by atoms with Crippen LogP contribution in [0.3, 0.4) is 0 Å². The zero-order chi connectivity index (χ0) is 20.6. The zero-order valence-electron chi connectivity index (χ0n) is 17.0. The molecule has 0 unspecified atom stereocenters. The van der Waals surface area contributed by atoms with E-state index in [9.17, 15) is 4.79 Å². The second kappa shape index (κ2) is 9.84. The molecule has 0 atom stereocenters. The summed E-state index contributed by atoms with van der Waals surface area (Å²) in [7, 11) is 3.21. The van der Waals surface area contributed by atoms with Crippen LogP contribution < -0.4 is 15.4 Å². The van der Waals surface area contributed by atoms with E-state index < -0.39 is 0 Å². The second-order valence-corrected chi connectivity index (χ2v) is 6.54. The number of hydrogen-bond donors (Lipinski definition) is 2. The van der Waals surface area contributed by atoms with E-state index in [-0.39, 0.29) is 5.91 Å². The summed E-state index contributed by atoms with van der Waals surface area (Å²) in [6, 6.07) is 11.3. The van der Waals surface area contributed by atoms with Crippen molar-refractivity contribution in [3.05, 3.63) is 53.7 Å². The summed E-state index contributed by atoms with van der Waals surface area (Å²) >= 11 is 0. The van der Waals surface area contributed by atoms with Gasteiger partial charge in [-0.2, -0.15) is 0 Å². The topological polar surface area (TPSA) is 85.4 Å². The summed E-state index contributed by atoms with van der Waals surface area (Å²) in [5.41, 5.74) is 3.31. The summed E-state index contributed by atoms with van der Waals surface area (Å²) < 4.78 is 10.5. The highest BCUT2D eigenvalue weighted by atomic mass is 16.5. The number of nitrogens with zero attached hydrogens (tertiary/aromatic N) is 2. The van der Waals surface area contributed by atoms with Crippen LogP contribution in [-0.4, -0.2) is 43.2 Å². The Labute approximate surface area is 170 Å². The van der Waals surface area contributed by atoms with E-state index in [2.05, 4.69) is 33.6 Å². The predicted molar refractivity (Wildman–Crippen MR) is 114 cm³/mol. The first kappa shape index (κ1) is 20.5. The standard InChI is InChI=1S/C22H26N4O3/c1-4-15-7-5-8-17-14-24-22(26-20(15)17)25-18-10-9-16(13-19(18)29-3)21(27)23-11-6-12-28-2/h5,7-10,13-14H,4,6,11-12H2,1-3H3,(H,23,27)(H,24,25,26). The molecule has 0 aliphatic heterocycles. The van der Waals surface area contributed by atoms with Crippen molar-refractivity contribution in [2.24, 2.45) is 0 Å². The average molecular weight is 394 g/mol. The van der Waals surface area contributed by atoms with Gasteiger partial charge in [-0.15, -0.1) is 0 Å². The highest BCUT2D eigenvalue weighted by Gasteiger charge is 2.12. The van der Waals surface area contributed by atoms with E-state index in [1.54, 1.807) is 38.6 Å². The van der Waals surface area contributed by atoms with Gasteiger partial charge in [0.05, 0.1) is 18.3 Å². The van der Waals surface area contributed by atoms with Crippen LogP contribution in [0.15, 0.2) is 42.6 Å². The number of carbonyl (C=O) groups is 1. The molecule has 0 saturated carbocycles. The quantitative estimate of drug-likeness (QED) is 0.538. The van der Waals surface area contributed by atoms with Gasteiger partial charge in [-0.3, -0.25) is 4.79 Å². The molecule has 29 heavy (non-hydrogen) atoms. The number of rotatable bonds is 9. The first-order valence-electron chi connectivity index (χ1n) is 9.63. The predicted octanol–water partition coefficient (Wildman–Crippen LogP) is 3.71. The molecule has 7 heteroatoms. The van der Waals surface area contributed by atoms with Gasteiger partial charge >= 0.3 is 0 Å². The van der Waals surface area contributed by atoms with Crippen molar-refractivity contribution in [3.63, 3.8) is 0 Å². The molecule has 0 saturated heterocycles. The molecule has 3 rings (SSSR count). The lowest BCUT2D eigenvalue weighted by atomic mass is 10.1. The number of carbonyl (C=O) groups excluding carboxylic acids is 1. The fourth-order valence-corrected chi connectivity index (χ4v) is 3.04. The first-order valence-corrected chi connectivity index (χ1v) is 9.63. The number of methoxy groups -OCH3 is 2. The van der Waals surface area contributed by atoms with Gasteiger partial charge in [0.25, 0.3) is 5.91 Å². The van der Waals surface area contributed by atoms with Gasteiger partial charge in [-0.1, -0.05) is 25.1 Å². The summed E-state index contributed by atoms with van der Waals surface area (Å²) in [6.07, 6.45) is 3.46. The molecule has 0 aliphatic rings. The van der Waals surface area contributed by atoms with Crippen molar-refractivity contribution in [3.8, 4) is 5.75 Å². The van der Waals surface area contributed by atoms with E-state index in [1.807, 2.05) is 12.1 Å². The molecule has 0 radical (unpaired) electrons. The lowest BCUT2D eigenvalue weighted by Gasteiger charge is -2.13. The van der Waals surface area contributed by atoms with Crippen molar-refractivity contribution in [2.45, 2.75) is 19.8 Å². The zero-order valence-corrected chi connectivity index (χ0v) is 17.0. The third-order valence-corrected chi connectivity index (χ3v) is 4.60. The molecule has 0 spiro atoms. The number of ether oxygens (including phenoxy) is 2. The monoisotopic (exact) mass is 394 g/mol. The van der Waals surface area contributed by atoms with E-state index in [0.29, 0.717) is 36.1 Å². The summed E-state index contributed by atoms with van der Waals surface area (Å²) in [4.78, 5) is 21.4. The lowest BCUT2D eigenvalue weighted by Crippen LogP contribution is -2.25. The Morgan fingerprint density at radius 2 is 2.03 bits per heavy atom. The van der Waals surface area contributed by atoms with Crippen molar-refractivity contribution in [2.75, 3.05) is 32.7 Å². The molecule has 2 aromatic carbocycles. The van der Waals surface area contributed by atoms with Gasteiger partial charge in [0.2, 0.25) is 5.95 Å². The number of aromatic nitrogens is 2. The summed E-state index contributed by atoms with van der Waals surface area (Å²) in [5, 5.41) is 7.07. The van der Waals surface area contributed by atoms with Crippen molar-refractivity contribution >= 4 is 28.4 Å². The number of anilines is 2. The number of nitrogens with one attached hydrogen (secondary N) is 2. The minimum absolute atomic E-state index is 0.152. The van der Waals surface area contributed by atoms with Crippen molar-refractivity contribution in [1.82, 2.24) is 15.3 Å². The van der Waals surface area contributed by atoms with E-state index in [0.717, 1.165) is 23.7 Å². The minimum Gasteiger partial charge on any atom is -0.495 e. The number of aryl methyl sites for hydroxylation is 1. The fraction of sp³-hybridized carbons (Fsp3) is 0.318. The molecule has 1 heterocycles. The molecule has 0 aliphatic carbocycles. The molecular formula is C22H26N4O3. The number of amides is 1. The second-order valence-electron chi connectivity index (χ2n) is 6.54. The number of benzene rings is 2. The minimum atomic E-state index is -0.152. The maximum Gasteiger partial charge on any atom is 0.251 e. The third-order valence-electron chi connectivity index (χ3n) is 4.60. The maximum absolute atomic E-state index is 12.3. The Morgan fingerprint density at radius 1 is 1.17 bits per heavy atom. The van der Waals surface area contributed by atoms with E-state index in [1.165, 1.54) is 5.56 Å². The Morgan fingerprint density at radius 3 is 2.79 bits per heavy atom. The van der Waals surface area contributed by atoms with Crippen LogP contribution in [0.1, 0.15) is 29.3 Å². The Kier molecular flexibility index (Phi) is 6.97. The molecule has 1 aromatic heterocycles. The summed E-state index contributed by atoms with van der Waals surface area (Å²) in [5.74, 6) is 0.871. The van der Waals surface area contributed by atoms with Crippen LogP contribution in [0, 0.1) is 0 Å². The molecule has 3 aromatic rings. The lowest BCUT2D eigenvalue weighted by molar-refractivity contribution is 0.0948. The largest absolute Gasteiger partial charge is 0.495 e. The SMILES string of the molecule is CCc1cccc2cnc(Nc3ccc(C(=O)NCCCOC)cc3OC)nc12. The fourth-order valence-electron chi connectivity index (χ4n) is 3.04. The number of fused-ring (bicyclic) bond motifs is 1. The number of hydrogen-bond acceptors (Lipinski definition) is 6.